The molecule has 0 aliphatic heterocycles. The van der Waals surface area contributed by atoms with Crippen LogP contribution in [0.15, 0.2) is 18.2 Å². The molecule has 4 nitrogen and oxygen atoms in total. The second-order valence-electron chi connectivity index (χ2n) is 6.66. The van der Waals surface area contributed by atoms with E-state index in [-0.39, 0.29) is 17.7 Å². The van der Waals surface area contributed by atoms with Gasteiger partial charge in [0.25, 0.3) is 5.91 Å². The molecular formula is C17H21ClN2O2. The van der Waals surface area contributed by atoms with Crippen molar-refractivity contribution in [2.75, 3.05) is 19.4 Å². The van der Waals surface area contributed by atoms with Gasteiger partial charge in [-0.3, -0.25) is 9.59 Å². The van der Waals surface area contributed by atoms with Crippen molar-refractivity contribution >= 4 is 29.1 Å². The quantitative estimate of drug-likeness (QED) is 0.927. The minimum atomic E-state index is -0.105. The van der Waals surface area contributed by atoms with Crippen LogP contribution in [0.3, 0.4) is 0 Å². The maximum atomic E-state index is 12.5. The topological polar surface area (TPSA) is 49.4 Å². The van der Waals surface area contributed by atoms with Gasteiger partial charge in [0, 0.05) is 25.6 Å². The normalized spacial score (nSPS) is 26.0. The van der Waals surface area contributed by atoms with Gasteiger partial charge in [-0.15, -0.1) is 0 Å². The molecule has 0 unspecified atom stereocenters. The highest BCUT2D eigenvalue weighted by Crippen LogP contribution is 2.48. The summed E-state index contributed by atoms with van der Waals surface area (Å²) in [5.74, 6) is 1.28. The van der Waals surface area contributed by atoms with Gasteiger partial charge in [-0.2, -0.15) is 0 Å². The molecule has 1 aromatic carbocycles. The Morgan fingerprint density at radius 1 is 1.23 bits per heavy atom. The number of carbonyl (C=O) groups is 2. The van der Waals surface area contributed by atoms with E-state index in [1.807, 2.05) is 0 Å². The van der Waals surface area contributed by atoms with E-state index in [0.717, 1.165) is 18.8 Å². The fraction of sp³-hybridized carbons (Fsp3) is 0.529. The highest BCUT2D eigenvalue weighted by atomic mass is 35.5. The Balaban J connectivity index is 1.75. The lowest BCUT2D eigenvalue weighted by atomic mass is 9.88. The first-order valence-electron chi connectivity index (χ1n) is 7.77. The molecule has 2 aliphatic carbocycles. The molecule has 0 radical (unpaired) electrons. The van der Waals surface area contributed by atoms with Crippen LogP contribution in [-0.2, 0) is 4.79 Å². The van der Waals surface area contributed by atoms with Gasteiger partial charge < -0.3 is 10.2 Å². The Kier molecular flexibility index (Phi) is 4.13. The van der Waals surface area contributed by atoms with Gasteiger partial charge >= 0.3 is 0 Å². The van der Waals surface area contributed by atoms with Gasteiger partial charge in [-0.25, -0.2) is 0 Å². The van der Waals surface area contributed by atoms with Gasteiger partial charge in [0.2, 0.25) is 5.91 Å². The molecule has 2 amide bonds. The Labute approximate surface area is 135 Å². The zero-order chi connectivity index (χ0) is 15.9. The molecule has 0 heterocycles. The zero-order valence-corrected chi connectivity index (χ0v) is 13.7. The number of amides is 2. The van der Waals surface area contributed by atoms with Crippen molar-refractivity contribution in [2.45, 2.75) is 25.7 Å². The van der Waals surface area contributed by atoms with Crippen LogP contribution in [0.25, 0.3) is 0 Å². The van der Waals surface area contributed by atoms with Crippen LogP contribution in [0.2, 0.25) is 5.02 Å². The van der Waals surface area contributed by atoms with Crippen molar-refractivity contribution in [1.29, 1.82) is 0 Å². The lowest BCUT2D eigenvalue weighted by Gasteiger charge is -2.21. The van der Waals surface area contributed by atoms with Crippen molar-refractivity contribution in [2.24, 2.45) is 17.8 Å². The molecule has 22 heavy (non-hydrogen) atoms. The molecule has 118 valence electrons. The third kappa shape index (κ3) is 2.84. The molecule has 0 saturated heterocycles. The van der Waals surface area contributed by atoms with E-state index in [1.165, 1.54) is 17.7 Å². The third-order valence-electron chi connectivity index (χ3n) is 4.95. The summed E-state index contributed by atoms with van der Waals surface area (Å²) < 4.78 is 0. The molecule has 0 spiro atoms. The van der Waals surface area contributed by atoms with Crippen LogP contribution >= 0.6 is 11.6 Å². The minimum Gasteiger partial charge on any atom is -0.345 e. The maximum Gasteiger partial charge on any atom is 0.253 e. The molecule has 2 bridgehead atoms. The van der Waals surface area contributed by atoms with Gasteiger partial charge in [0.15, 0.2) is 0 Å². The van der Waals surface area contributed by atoms with E-state index < -0.39 is 0 Å². The highest BCUT2D eigenvalue weighted by molar-refractivity contribution is 6.33. The molecule has 2 saturated carbocycles. The first-order chi connectivity index (χ1) is 10.5. The first kappa shape index (κ1) is 15.3. The number of hydrogen-bond acceptors (Lipinski definition) is 2. The minimum absolute atomic E-state index is 0.0450. The average molecular weight is 321 g/mol. The Bertz CT molecular complexity index is 615. The summed E-state index contributed by atoms with van der Waals surface area (Å²) in [5.41, 5.74) is 1.06. The lowest BCUT2D eigenvalue weighted by Crippen LogP contribution is -2.27. The van der Waals surface area contributed by atoms with Crippen LogP contribution in [0, 0.1) is 17.8 Å². The summed E-state index contributed by atoms with van der Waals surface area (Å²) in [4.78, 5) is 26.0. The third-order valence-corrected chi connectivity index (χ3v) is 5.28. The first-order valence-corrected chi connectivity index (χ1v) is 8.15. The molecule has 0 aromatic heterocycles. The van der Waals surface area contributed by atoms with E-state index >= 15 is 0 Å². The fourth-order valence-electron chi connectivity index (χ4n) is 3.80. The Morgan fingerprint density at radius 2 is 2.00 bits per heavy atom. The van der Waals surface area contributed by atoms with E-state index in [9.17, 15) is 9.59 Å². The molecular weight excluding hydrogens is 300 g/mol. The van der Waals surface area contributed by atoms with Gasteiger partial charge in [0.05, 0.1) is 10.7 Å². The van der Waals surface area contributed by atoms with Crippen LogP contribution in [-0.4, -0.2) is 30.8 Å². The van der Waals surface area contributed by atoms with Crippen molar-refractivity contribution in [3.05, 3.63) is 28.8 Å². The molecule has 3 atom stereocenters. The van der Waals surface area contributed by atoms with E-state index in [4.69, 9.17) is 11.6 Å². The molecule has 1 aromatic rings. The summed E-state index contributed by atoms with van der Waals surface area (Å²) in [6, 6.07) is 5.00. The van der Waals surface area contributed by atoms with Crippen LogP contribution in [0.5, 0.6) is 0 Å². The Morgan fingerprint density at radius 3 is 2.59 bits per heavy atom. The molecule has 5 heteroatoms. The maximum absolute atomic E-state index is 12.5. The average Bonchev–Trinajstić information content (AvgIpc) is 3.11. The molecule has 2 aliphatic rings. The summed E-state index contributed by atoms with van der Waals surface area (Å²) in [6.07, 6.45) is 4.60. The predicted octanol–water partition coefficient (Wildman–Crippen LogP) is 3.42. The number of carbonyl (C=O) groups excluding carboxylic acids is 2. The number of anilines is 1. The highest BCUT2D eigenvalue weighted by Gasteiger charge is 2.43. The van der Waals surface area contributed by atoms with Crippen molar-refractivity contribution in [3.8, 4) is 0 Å². The molecule has 2 fully saturated rings. The number of halogens is 1. The fourth-order valence-corrected chi connectivity index (χ4v) is 3.97. The number of nitrogens with one attached hydrogen (secondary N) is 1. The van der Waals surface area contributed by atoms with Crippen LogP contribution in [0.1, 0.15) is 36.0 Å². The number of hydrogen-bond donors (Lipinski definition) is 1. The smallest absolute Gasteiger partial charge is 0.253 e. The standard InChI is InChI=1S/C17H21ClN2O2/c1-20(2)17(22)12-5-6-14(18)15(9-12)19-16(21)13-8-10-3-4-11(13)7-10/h5-6,9-11,13H,3-4,7-8H2,1-2H3,(H,19,21)/t10-,11-,13+/m0/s1. The molecule has 3 rings (SSSR count). The number of nitrogens with zero attached hydrogens (tertiary/aromatic N) is 1. The van der Waals surface area contributed by atoms with E-state index in [0.29, 0.717) is 22.2 Å². The van der Waals surface area contributed by atoms with Crippen molar-refractivity contribution in [3.63, 3.8) is 0 Å². The summed E-state index contributed by atoms with van der Waals surface area (Å²) >= 11 is 6.17. The Hall–Kier alpha value is -1.55. The van der Waals surface area contributed by atoms with Crippen LogP contribution in [0.4, 0.5) is 5.69 Å². The van der Waals surface area contributed by atoms with Crippen molar-refractivity contribution in [1.82, 2.24) is 4.90 Å². The van der Waals surface area contributed by atoms with E-state index in [1.54, 1.807) is 32.3 Å². The monoisotopic (exact) mass is 320 g/mol. The van der Waals surface area contributed by atoms with Gasteiger partial charge in [-0.05, 0) is 49.3 Å². The van der Waals surface area contributed by atoms with Crippen LogP contribution < -0.4 is 5.32 Å². The van der Waals surface area contributed by atoms with Gasteiger partial charge in [-0.1, -0.05) is 18.0 Å². The van der Waals surface area contributed by atoms with E-state index in [2.05, 4.69) is 5.32 Å². The summed E-state index contributed by atoms with van der Waals surface area (Å²) in [6.45, 7) is 0. The predicted molar refractivity (Wildman–Crippen MR) is 87.0 cm³/mol. The summed E-state index contributed by atoms with van der Waals surface area (Å²) in [7, 11) is 3.40. The SMILES string of the molecule is CN(C)C(=O)c1ccc(Cl)c(NC(=O)[C@@H]2C[C@H]3CC[C@H]2C3)c1. The zero-order valence-electron chi connectivity index (χ0n) is 12.9. The van der Waals surface area contributed by atoms with Gasteiger partial charge in [0.1, 0.15) is 0 Å². The summed E-state index contributed by atoms with van der Waals surface area (Å²) in [5, 5.41) is 3.39. The van der Waals surface area contributed by atoms with Crippen molar-refractivity contribution < 1.29 is 9.59 Å². The number of rotatable bonds is 3. The second-order valence-corrected chi connectivity index (χ2v) is 7.07. The number of fused-ring (bicyclic) bond motifs is 2. The second kappa shape index (κ2) is 5.92. The largest absolute Gasteiger partial charge is 0.345 e. The number of benzene rings is 1. The lowest BCUT2D eigenvalue weighted by molar-refractivity contribution is -0.121. The molecule has 1 N–H and O–H groups in total.